The number of ether oxygens (including phenoxy) is 1. The zero-order valence-corrected chi connectivity index (χ0v) is 12.0. The minimum Gasteiger partial charge on any atom is -0.493 e. The molecule has 0 saturated heterocycles. The summed E-state index contributed by atoms with van der Waals surface area (Å²) in [5.41, 5.74) is 5.01. The summed E-state index contributed by atoms with van der Waals surface area (Å²) in [5, 5.41) is 3.14. The maximum atomic E-state index is 5.55. The molecule has 0 aliphatic carbocycles. The lowest BCUT2D eigenvalue weighted by Crippen LogP contribution is -2.16. The highest BCUT2D eigenvalue weighted by Gasteiger charge is 2.13. The Balaban J connectivity index is 1.73. The highest BCUT2D eigenvalue weighted by atomic mass is 16.5. The van der Waals surface area contributed by atoms with E-state index < -0.39 is 0 Å². The molecule has 0 fully saturated rings. The molecule has 0 atom stereocenters. The monoisotopic (exact) mass is 268 g/mol. The number of nitrogens with one attached hydrogen (secondary N) is 1. The van der Waals surface area contributed by atoms with Crippen molar-refractivity contribution in [2.75, 3.05) is 30.9 Å². The molecule has 2 aromatic carbocycles. The van der Waals surface area contributed by atoms with Crippen LogP contribution in [0.5, 0.6) is 5.75 Å². The summed E-state index contributed by atoms with van der Waals surface area (Å²) in [7, 11) is 4.07. The summed E-state index contributed by atoms with van der Waals surface area (Å²) in [4.78, 5) is 2.27. The largest absolute Gasteiger partial charge is 0.493 e. The van der Waals surface area contributed by atoms with Crippen molar-refractivity contribution in [3.63, 3.8) is 0 Å². The van der Waals surface area contributed by atoms with Crippen molar-refractivity contribution >= 4 is 11.4 Å². The second-order valence-electron chi connectivity index (χ2n) is 5.19. The predicted molar refractivity (Wildman–Crippen MR) is 83.7 cm³/mol. The van der Waals surface area contributed by atoms with Crippen molar-refractivity contribution in [2.24, 2.45) is 0 Å². The lowest BCUT2D eigenvalue weighted by molar-refractivity contribution is 0.357. The van der Waals surface area contributed by atoms with Crippen molar-refractivity contribution < 1.29 is 4.74 Å². The average Bonchev–Trinajstić information content (AvgIpc) is 2.95. The number of hydrogen-bond donors (Lipinski definition) is 1. The van der Waals surface area contributed by atoms with E-state index in [1.165, 1.54) is 16.8 Å². The average molecular weight is 268 g/mol. The van der Waals surface area contributed by atoms with Gasteiger partial charge in [-0.25, -0.2) is 0 Å². The van der Waals surface area contributed by atoms with Gasteiger partial charge in [-0.15, -0.1) is 0 Å². The molecule has 0 spiro atoms. The first-order chi connectivity index (χ1) is 9.76. The zero-order valence-electron chi connectivity index (χ0n) is 12.0. The predicted octanol–water partition coefficient (Wildman–Crippen LogP) is 3.30. The van der Waals surface area contributed by atoms with E-state index in [1.807, 2.05) is 7.05 Å². The molecule has 2 aromatic rings. The molecule has 20 heavy (non-hydrogen) atoms. The summed E-state index contributed by atoms with van der Waals surface area (Å²) in [6, 6.07) is 15.0. The van der Waals surface area contributed by atoms with Gasteiger partial charge in [0, 0.05) is 38.4 Å². The molecule has 1 heterocycles. The minimum absolute atomic E-state index is 0.813. The van der Waals surface area contributed by atoms with E-state index in [1.54, 1.807) is 0 Å². The van der Waals surface area contributed by atoms with Gasteiger partial charge in [-0.3, -0.25) is 0 Å². The Morgan fingerprint density at radius 2 is 1.95 bits per heavy atom. The Labute approximate surface area is 120 Å². The van der Waals surface area contributed by atoms with Crippen LogP contribution in [0, 0.1) is 0 Å². The van der Waals surface area contributed by atoms with Crippen LogP contribution in [0.25, 0.3) is 0 Å². The van der Waals surface area contributed by atoms with Crippen LogP contribution in [0.2, 0.25) is 0 Å². The zero-order chi connectivity index (χ0) is 13.9. The van der Waals surface area contributed by atoms with E-state index in [9.17, 15) is 0 Å². The summed E-state index contributed by atoms with van der Waals surface area (Å²) in [5.74, 6) is 1.04. The number of anilines is 2. The van der Waals surface area contributed by atoms with Crippen molar-refractivity contribution in [3.8, 4) is 5.75 Å². The number of nitrogens with zero attached hydrogens (tertiary/aromatic N) is 1. The fraction of sp³-hybridized carbons (Fsp3) is 0.294. The molecule has 104 valence electrons. The van der Waals surface area contributed by atoms with Gasteiger partial charge in [0.05, 0.1) is 6.61 Å². The molecule has 0 amide bonds. The van der Waals surface area contributed by atoms with E-state index in [4.69, 9.17) is 4.74 Å². The van der Waals surface area contributed by atoms with Crippen LogP contribution in [0.3, 0.4) is 0 Å². The van der Waals surface area contributed by atoms with Crippen LogP contribution in [-0.2, 0) is 13.0 Å². The molecule has 3 heteroatoms. The summed E-state index contributed by atoms with van der Waals surface area (Å²) in [6.45, 7) is 1.72. The van der Waals surface area contributed by atoms with Gasteiger partial charge >= 0.3 is 0 Å². The van der Waals surface area contributed by atoms with Gasteiger partial charge in [0.1, 0.15) is 5.75 Å². The third kappa shape index (κ3) is 2.57. The first kappa shape index (κ1) is 12.9. The number of fused-ring (bicyclic) bond motifs is 1. The second kappa shape index (κ2) is 5.45. The Morgan fingerprint density at radius 1 is 1.15 bits per heavy atom. The Hall–Kier alpha value is -2.16. The molecule has 1 N–H and O–H groups in total. The topological polar surface area (TPSA) is 24.5 Å². The van der Waals surface area contributed by atoms with E-state index in [0.29, 0.717) is 0 Å². The van der Waals surface area contributed by atoms with E-state index in [-0.39, 0.29) is 0 Å². The van der Waals surface area contributed by atoms with Crippen LogP contribution >= 0.6 is 0 Å². The van der Waals surface area contributed by atoms with Gasteiger partial charge in [0.2, 0.25) is 0 Å². The molecule has 0 saturated carbocycles. The number of hydrogen-bond acceptors (Lipinski definition) is 3. The molecule has 0 unspecified atom stereocenters. The molecular formula is C17H20N2O. The highest BCUT2D eigenvalue weighted by Crippen LogP contribution is 2.29. The van der Waals surface area contributed by atoms with Crippen LogP contribution in [0.15, 0.2) is 42.5 Å². The van der Waals surface area contributed by atoms with Crippen molar-refractivity contribution in [1.82, 2.24) is 0 Å². The summed E-state index contributed by atoms with van der Waals surface area (Å²) < 4.78 is 5.55. The molecule has 3 nitrogen and oxygen atoms in total. The summed E-state index contributed by atoms with van der Waals surface area (Å²) >= 11 is 0. The maximum absolute atomic E-state index is 5.55. The molecule has 3 rings (SSSR count). The fourth-order valence-corrected chi connectivity index (χ4v) is 2.55. The Morgan fingerprint density at radius 3 is 2.70 bits per heavy atom. The standard InChI is InChI=1S/C17H20N2O/c1-18-15-5-3-13(4-6-15)12-19(2)16-7-8-17-14(11-16)9-10-20-17/h3-8,11,18H,9-10,12H2,1-2H3. The molecule has 0 bridgehead atoms. The lowest BCUT2D eigenvalue weighted by Gasteiger charge is -2.20. The third-order valence-corrected chi connectivity index (χ3v) is 3.78. The second-order valence-corrected chi connectivity index (χ2v) is 5.19. The van der Waals surface area contributed by atoms with E-state index in [2.05, 4.69) is 59.7 Å². The van der Waals surface area contributed by atoms with Crippen LogP contribution in [0.1, 0.15) is 11.1 Å². The Bertz CT molecular complexity index is 592. The first-order valence-electron chi connectivity index (χ1n) is 7.00. The van der Waals surface area contributed by atoms with Gasteiger partial charge in [0.25, 0.3) is 0 Å². The highest BCUT2D eigenvalue weighted by molar-refractivity contribution is 5.54. The quantitative estimate of drug-likeness (QED) is 0.920. The van der Waals surface area contributed by atoms with Crippen LogP contribution in [-0.4, -0.2) is 20.7 Å². The number of benzene rings is 2. The minimum atomic E-state index is 0.813. The van der Waals surface area contributed by atoms with Gasteiger partial charge in [-0.2, -0.15) is 0 Å². The van der Waals surface area contributed by atoms with Crippen molar-refractivity contribution in [1.29, 1.82) is 0 Å². The van der Waals surface area contributed by atoms with Gasteiger partial charge in [-0.05, 0) is 41.5 Å². The molecule has 1 aliphatic heterocycles. The van der Waals surface area contributed by atoms with Crippen LogP contribution < -0.4 is 15.0 Å². The van der Waals surface area contributed by atoms with Gasteiger partial charge in [-0.1, -0.05) is 12.1 Å². The van der Waals surface area contributed by atoms with Gasteiger partial charge in [0.15, 0.2) is 0 Å². The van der Waals surface area contributed by atoms with Gasteiger partial charge < -0.3 is 15.0 Å². The molecule has 0 radical (unpaired) electrons. The normalized spacial score (nSPS) is 12.7. The van der Waals surface area contributed by atoms with E-state index >= 15 is 0 Å². The Kier molecular flexibility index (Phi) is 3.50. The molecular weight excluding hydrogens is 248 g/mol. The smallest absolute Gasteiger partial charge is 0.122 e. The van der Waals surface area contributed by atoms with E-state index in [0.717, 1.165) is 31.0 Å². The van der Waals surface area contributed by atoms with Crippen LogP contribution in [0.4, 0.5) is 11.4 Å². The lowest BCUT2D eigenvalue weighted by atomic mass is 10.1. The fourth-order valence-electron chi connectivity index (χ4n) is 2.55. The molecule has 0 aromatic heterocycles. The molecule has 1 aliphatic rings. The van der Waals surface area contributed by atoms with Crippen molar-refractivity contribution in [2.45, 2.75) is 13.0 Å². The van der Waals surface area contributed by atoms with Crippen molar-refractivity contribution in [3.05, 3.63) is 53.6 Å². The number of rotatable bonds is 4. The SMILES string of the molecule is CNc1ccc(CN(C)c2ccc3c(c2)CCO3)cc1. The first-order valence-corrected chi connectivity index (χ1v) is 7.00. The summed E-state index contributed by atoms with van der Waals surface area (Å²) in [6.07, 6.45) is 1.02. The maximum Gasteiger partial charge on any atom is 0.122 e. The third-order valence-electron chi connectivity index (χ3n) is 3.78.